The van der Waals surface area contributed by atoms with Gasteiger partial charge in [-0.3, -0.25) is 0 Å². The number of hydrogen-bond acceptors (Lipinski definition) is 5. The van der Waals surface area contributed by atoms with Crippen LogP contribution in [0.25, 0.3) is 10.6 Å². The van der Waals surface area contributed by atoms with Crippen molar-refractivity contribution in [2.75, 3.05) is 13.2 Å². The number of thiazole rings is 1. The minimum Gasteiger partial charge on any atom is -0.490 e. The van der Waals surface area contributed by atoms with Crippen molar-refractivity contribution in [3.8, 4) is 22.1 Å². The number of carbonyl (C=O) groups is 1. The molecule has 1 heterocycles. The standard InChI is InChI=1S/C22H23NO4S/c1-22(2,3)16-7-9-17(10-8-16)26-11-12-27-18-6-4-5-15(13-18)20-23-19(14-28-20)21(24)25/h4-10,13-14H,11-12H2,1-3H3,(H,24,25). The maximum absolute atomic E-state index is 11.0. The molecule has 0 atom stereocenters. The van der Waals surface area contributed by atoms with Crippen molar-refractivity contribution >= 4 is 17.3 Å². The maximum atomic E-state index is 11.0. The van der Waals surface area contributed by atoms with Crippen LogP contribution in [0, 0.1) is 0 Å². The van der Waals surface area contributed by atoms with E-state index < -0.39 is 5.97 Å². The van der Waals surface area contributed by atoms with Crippen LogP contribution in [0.1, 0.15) is 36.8 Å². The van der Waals surface area contributed by atoms with E-state index in [1.807, 2.05) is 36.4 Å². The van der Waals surface area contributed by atoms with Crippen LogP contribution >= 0.6 is 11.3 Å². The zero-order chi connectivity index (χ0) is 20.1. The number of carboxylic acid groups (broad SMARTS) is 1. The predicted octanol–water partition coefficient (Wildman–Crippen LogP) is 5.26. The predicted molar refractivity (Wildman–Crippen MR) is 111 cm³/mol. The molecular weight excluding hydrogens is 374 g/mol. The van der Waals surface area contributed by atoms with Gasteiger partial charge in [0.15, 0.2) is 5.69 Å². The fraction of sp³-hybridized carbons (Fsp3) is 0.273. The largest absolute Gasteiger partial charge is 0.490 e. The van der Waals surface area contributed by atoms with E-state index in [1.54, 1.807) is 0 Å². The van der Waals surface area contributed by atoms with Gasteiger partial charge in [-0.2, -0.15) is 0 Å². The molecule has 0 aliphatic rings. The molecule has 0 radical (unpaired) electrons. The zero-order valence-electron chi connectivity index (χ0n) is 16.1. The highest BCUT2D eigenvalue weighted by atomic mass is 32.1. The van der Waals surface area contributed by atoms with E-state index >= 15 is 0 Å². The number of rotatable bonds is 7. The van der Waals surface area contributed by atoms with Gasteiger partial charge in [0.25, 0.3) is 0 Å². The second-order valence-electron chi connectivity index (χ2n) is 7.34. The van der Waals surface area contributed by atoms with Gasteiger partial charge in [-0.1, -0.05) is 45.0 Å². The summed E-state index contributed by atoms with van der Waals surface area (Å²) in [6.07, 6.45) is 0. The van der Waals surface area contributed by atoms with E-state index in [9.17, 15) is 4.79 Å². The first-order valence-corrected chi connectivity index (χ1v) is 9.86. The molecule has 0 fully saturated rings. The Morgan fingerprint density at radius 1 is 1.04 bits per heavy atom. The van der Waals surface area contributed by atoms with Crippen molar-refractivity contribution in [3.05, 3.63) is 65.2 Å². The fourth-order valence-corrected chi connectivity index (χ4v) is 3.38. The molecule has 0 aliphatic carbocycles. The van der Waals surface area contributed by atoms with E-state index in [-0.39, 0.29) is 11.1 Å². The Kier molecular flexibility index (Phi) is 5.99. The summed E-state index contributed by atoms with van der Waals surface area (Å²) < 4.78 is 11.5. The highest BCUT2D eigenvalue weighted by Gasteiger charge is 2.13. The molecule has 0 spiro atoms. The topological polar surface area (TPSA) is 68.7 Å². The first kappa shape index (κ1) is 19.9. The molecule has 0 saturated carbocycles. The Balaban J connectivity index is 1.53. The van der Waals surface area contributed by atoms with E-state index in [0.717, 1.165) is 11.3 Å². The van der Waals surface area contributed by atoms with Crippen LogP contribution in [0.15, 0.2) is 53.9 Å². The number of ether oxygens (including phenoxy) is 2. The number of carboxylic acids is 1. The molecule has 1 aromatic heterocycles. The number of aromatic carboxylic acids is 1. The molecule has 0 saturated heterocycles. The van der Waals surface area contributed by atoms with Crippen molar-refractivity contribution in [2.45, 2.75) is 26.2 Å². The van der Waals surface area contributed by atoms with Gasteiger partial charge in [0, 0.05) is 10.9 Å². The van der Waals surface area contributed by atoms with E-state index in [2.05, 4.69) is 37.9 Å². The summed E-state index contributed by atoms with van der Waals surface area (Å²) in [6, 6.07) is 15.6. The number of benzene rings is 2. The van der Waals surface area contributed by atoms with Crippen LogP contribution in [0.3, 0.4) is 0 Å². The molecule has 2 aromatic carbocycles. The van der Waals surface area contributed by atoms with Gasteiger partial charge < -0.3 is 14.6 Å². The van der Waals surface area contributed by atoms with Crippen molar-refractivity contribution in [1.82, 2.24) is 4.98 Å². The zero-order valence-corrected chi connectivity index (χ0v) is 17.0. The van der Waals surface area contributed by atoms with Gasteiger partial charge in [0.2, 0.25) is 0 Å². The van der Waals surface area contributed by atoms with Gasteiger partial charge in [0.1, 0.15) is 29.7 Å². The summed E-state index contributed by atoms with van der Waals surface area (Å²) in [5.41, 5.74) is 2.27. The average molecular weight is 397 g/mol. The van der Waals surface area contributed by atoms with Crippen LogP contribution in [0.4, 0.5) is 0 Å². The Morgan fingerprint density at radius 2 is 1.71 bits per heavy atom. The summed E-state index contributed by atoms with van der Waals surface area (Å²) >= 11 is 1.30. The lowest BCUT2D eigenvalue weighted by Crippen LogP contribution is -2.11. The Morgan fingerprint density at radius 3 is 2.32 bits per heavy atom. The highest BCUT2D eigenvalue weighted by Crippen LogP contribution is 2.27. The molecule has 6 heteroatoms. The second kappa shape index (κ2) is 8.44. The molecule has 146 valence electrons. The normalized spacial score (nSPS) is 11.2. The Bertz CT molecular complexity index is 942. The lowest BCUT2D eigenvalue weighted by Gasteiger charge is -2.19. The Labute approximate surface area is 168 Å². The molecule has 3 rings (SSSR count). The number of nitrogens with zero attached hydrogens (tertiary/aromatic N) is 1. The van der Waals surface area contributed by atoms with Gasteiger partial charge in [-0.25, -0.2) is 9.78 Å². The minimum atomic E-state index is -1.03. The van der Waals surface area contributed by atoms with Crippen LogP contribution < -0.4 is 9.47 Å². The monoisotopic (exact) mass is 397 g/mol. The van der Waals surface area contributed by atoms with Crippen molar-refractivity contribution in [1.29, 1.82) is 0 Å². The number of hydrogen-bond donors (Lipinski definition) is 1. The van der Waals surface area contributed by atoms with E-state index in [1.165, 1.54) is 22.3 Å². The quantitative estimate of drug-likeness (QED) is 0.551. The van der Waals surface area contributed by atoms with Crippen molar-refractivity contribution in [3.63, 3.8) is 0 Å². The van der Waals surface area contributed by atoms with Gasteiger partial charge >= 0.3 is 5.97 Å². The van der Waals surface area contributed by atoms with Crippen LogP contribution in [0.5, 0.6) is 11.5 Å². The highest BCUT2D eigenvalue weighted by molar-refractivity contribution is 7.13. The molecule has 3 aromatic rings. The summed E-state index contributed by atoms with van der Waals surface area (Å²) in [5, 5.41) is 11.2. The van der Waals surface area contributed by atoms with Crippen LogP contribution in [-0.4, -0.2) is 29.3 Å². The lowest BCUT2D eigenvalue weighted by atomic mass is 9.87. The minimum absolute atomic E-state index is 0.0530. The molecule has 28 heavy (non-hydrogen) atoms. The van der Waals surface area contributed by atoms with Crippen LogP contribution in [-0.2, 0) is 5.41 Å². The van der Waals surface area contributed by atoms with Crippen molar-refractivity contribution in [2.24, 2.45) is 0 Å². The summed E-state index contributed by atoms with van der Waals surface area (Å²) in [4.78, 5) is 15.1. The average Bonchev–Trinajstić information content (AvgIpc) is 3.16. The molecule has 1 N–H and O–H groups in total. The summed E-state index contributed by atoms with van der Waals surface area (Å²) in [6.45, 7) is 7.37. The molecule has 5 nitrogen and oxygen atoms in total. The summed E-state index contributed by atoms with van der Waals surface area (Å²) in [5.74, 6) is 0.480. The third-order valence-electron chi connectivity index (χ3n) is 4.15. The molecule has 0 unspecified atom stereocenters. The molecular formula is C22H23NO4S. The van der Waals surface area contributed by atoms with E-state index in [0.29, 0.717) is 24.0 Å². The third kappa shape index (κ3) is 5.10. The second-order valence-corrected chi connectivity index (χ2v) is 8.20. The lowest BCUT2D eigenvalue weighted by molar-refractivity contribution is 0.0691. The van der Waals surface area contributed by atoms with Gasteiger partial charge in [0.05, 0.1) is 0 Å². The third-order valence-corrected chi connectivity index (χ3v) is 5.04. The Hall–Kier alpha value is -2.86. The van der Waals surface area contributed by atoms with Gasteiger partial charge in [-0.05, 0) is 35.2 Å². The molecule has 0 bridgehead atoms. The smallest absolute Gasteiger partial charge is 0.355 e. The number of aromatic nitrogens is 1. The SMILES string of the molecule is CC(C)(C)c1ccc(OCCOc2cccc(-c3nc(C(=O)O)cs3)c2)cc1. The maximum Gasteiger partial charge on any atom is 0.355 e. The summed E-state index contributed by atoms with van der Waals surface area (Å²) in [7, 11) is 0. The van der Waals surface area contributed by atoms with Crippen molar-refractivity contribution < 1.29 is 19.4 Å². The first-order valence-electron chi connectivity index (χ1n) is 8.98. The fourth-order valence-electron chi connectivity index (χ4n) is 2.59. The first-order chi connectivity index (χ1) is 13.3. The van der Waals surface area contributed by atoms with Gasteiger partial charge in [-0.15, -0.1) is 11.3 Å². The molecule has 0 aliphatic heterocycles. The van der Waals surface area contributed by atoms with Crippen LogP contribution in [0.2, 0.25) is 0 Å². The molecule has 0 amide bonds. The van der Waals surface area contributed by atoms with E-state index in [4.69, 9.17) is 14.6 Å².